The highest BCUT2D eigenvalue weighted by molar-refractivity contribution is 7.25. The van der Waals surface area contributed by atoms with Gasteiger partial charge >= 0.3 is 0 Å². The van der Waals surface area contributed by atoms with Crippen LogP contribution in [0.2, 0.25) is 0 Å². The molecule has 0 amide bonds. The van der Waals surface area contributed by atoms with Crippen molar-refractivity contribution in [2.75, 3.05) is 0 Å². The molecule has 11 rings (SSSR count). The van der Waals surface area contributed by atoms with Gasteiger partial charge in [0.05, 0.1) is 27.8 Å². The van der Waals surface area contributed by atoms with Crippen molar-refractivity contribution in [3.63, 3.8) is 0 Å². The average molecular weight is 669 g/mol. The lowest BCUT2D eigenvalue weighted by Crippen LogP contribution is -2.03. The van der Waals surface area contributed by atoms with Crippen LogP contribution in [0.4, 0.5) is 0 Å². The molecule has 4 heterocycles. The zero-order chi connectivity index (χ0) is 33.5. The molecular weight excluding hydrogens is 641 g/mol. The average Bonchev–Trinajstić information content (AvgIpc) is 3.89. The van der Waals surface area contributed by atoms with Crippen molar-refractivity contribution in [3.05, 3.63) is 170 Å². The second kappa shape index (κ2) is 11.0. The molecule has 11 aromatic rings. The minimum Gasteiger partial charge on any atom is -0.316 e. The Balaban J connectivity index is 1.23. The summed E-state index contributed by atoms with van der Waals surface area (Å²) in [5.41, 5.74) is 9.74. The Hall–Kier alpha value is -6.56. The van der Waals surface area contributed by atoms with Crippen molar-refractivity contribution >= 4 is 75.1 Å². The van der Waals surface area contributed by atoms with E-state index in [1.165, 1.54) is 42.1 Å². The molecule has 0 aliphatic carbocycles. The number of aromatic nitrogens is 4. The van der Waals surface area contributed by atoms with Gasteiger partial charge < -0.3 is 4.57 Å². The molecule has 0 saturated carbocycles. The molecule has 0 saturated heterocycles. The predicted octanol–water partition coefficient (Wildman–Crippen LogP) is 12.4. The van der Waals surface area contributed by atoms with Gasteiger partial charge in [0.25, 0.3) is 0 Å². The first-order valence-electron chi connectivity index (χ1n) is 17.2. The van der Waals surface area contributed by atoms with E-state index in [2.05, 4.69) is 179 Å². The fourth-order valence-electron chi connectivity index (χ4n) is 7.80. The molecule has 4 nitrogen and oxygen atoms in total. The summed E-state index contributed by atoms with van der Waals surface area (Å²) in [4.78, 5) is 10.8. The van der Waals surface area contributed by atoms with Crippen molar-refractivity contribution in [1.29, 1.82) is 0 Å². The third-order valence-electron chi connectivity index (χ3n) is 10.2. The van der Waals surface area contributed by atoms with Crippen molar-refractivity contribution in [2.24, 2.45) is 0 Å². The summed E-state index contributed by atoms with van der Waals surface area (Å²) in [6, 6.07) is 58.4. The summed E-state index contributed by atoms with van der Waals surface area (Å²) in [5.74, 6) is 0.662. The number of thiophene rings is 1. The van der Waals surface area contributed by atoms with Crippen LogP contribution in [0.3, 0.4) is 0 Å². The zero-order valence-electron chi connectivity index (χ0n) is 27.4. The number of benzene rings is 7. The monoisotopic (exact) mass is 668 g/mol. The molecule has 51 heavy (non-hydrogen) atoms. The van der Waals surface area contributed by atoms with Crippen LogP contribution in [0.5, 0.6) is 0 Å². The van der Waals surface area contributed by atoms with Crippen molar-refractivity contribution in [3.8, 4) is 34.0 Å². The van der Waals surface area contributed by atoms with E-state index >= 15 is 0 Å². The molecule has 0 N–H and O–H groups in total. The fourth-order valence-corrected chi connectivity index (χ4v) is 8.92. The van der Waals surface area contributed by atoms with Crippen LogP contribution < -0.4 is 0 Å². The zero-order valence-corrected chi connectivity index (χ0v) is 28.2. The first-order chi connectivity index (χ1) is 25.3. The van der Waals surface area contributed by atoms with Crippen LogP contribution in [-0.4, -0.2) is 19.1 Å². The number of para-hydroxylation sites is 2. The number of fused-ring (bicyclic) bond motifs is 9. The fraction of sp³-hybridized carbons (Fsp3) is 0. The molecule has 0 aliphatic rings. The van der Waals surface area contributed by atoms with Gasteiger partial charge in [0.1, 0.15) is 0 Å². The van der Waals surface area contributed by atoms with Crippen LogP contribution >= 0.6 is 11.3 Å². The van der Waals surface area contributed by atoms with E-state index in [-0.39, 0.29) is 0 Å². The Morgan fingerprint density at radius 1 is 0.431 bits per heavy atom. The molecule has 0 atom stereocenters. The molecule has 0 spiro atoms. The Labute approximate surface area is 297 Å². The minimum absolute atomic E-state index is 0.662. The van der Waals surface area contributed by atoms with Gasteiger partial charge in [-0.3, -0.25) is 4.57 Å². The number of hydrogen-bond acceptors (Lipinski definition) is 3. The number of hydrogen-bond donors (Lipinski definition) is 0. The highest BCUT2D eigenvalue weighted by atomic mass is 32.1. The molecule has 0 bridgehead atoms. The number of rotatable bonds is 4. The molecule has 5 heteroatoms. The second-order valence-electron chi connectivity index (χ2n) is 13.0. The van der Waals surface area contributed by atoms with Crippen molar-refractivity contribution in [1.82, 2.24) is 19.1 Å². The van der Waals surface area contributed by atoms with Gasteiger partial charge in [-0.1, -0.05) is 115 Å². The van der Waals surface area contributed by atoms with E-state index < -0.39 is 0 Å². The molecule has 0 unspecified atom stereocenters. The molecule has 0 fully saturated rings. The topological polar surface area (TPSA) is 35.6 Å². The van der Waals surface area contributed by atoms with Crippen molar-refractivity contribution < 1.29 is 0 Å². The van der Waals surface area contributed by atoms with E-state index in [4.69, 9.17) is 9.97 Å². The summed E-state index contributed by atoms with van der Waals surface area (Å²) in [7, 11) is 0. The Bertz CT molecular complexity index is 3120. The molecule has 4 aromatic heterocycles. The van der Waals surface area contributed by atoms with Gasteiger partial charge in [-0.05, 0) is 59.7 Å². The van der Waals surface area contributed by atoms with Gasteiger partial charge in [-0.25, -0.2) is 9.97 Å². The summed E-state index contributed by atoms with van der Waals surface area (Å²) in [5, 5.41) is 7.10. The number of nitrogens with zero attached hydrogens (tertiary/aromatic N) is 4. The van der Waals surface area contributed by atoms with Crippen molar-refractivity contribution in [2.45, 2.75) is 0 Å². The maximum Gasteiger partial charge on any atom is 0.235 e. The third-order valence-corrected chi connectivity index (χ3v) is 11.3. The Morgan fingerprint density at radius 2 is 1.14 bits per heavy atom. The maximum absolute atomic E-state index is 5.47. The van der Waals surface area contributed by atoms with Gasteiger partial charge in [-0.2, -0.15) is 0 Å². The Morgan fingerprint density at radius 3 is 1.98 bits per heavy atom. The quantitative estimate of drug-likeness (QED) is 0.187. The second-order valence-corrected chi connectivity index (χ2v) is 14.1. The Kier molecular flexibility index (Phi) is 6.09. The van der Waals surface area contributed by atoms with Crippen LogP contribution in [0, 0.1) is 0 Å². The SMILES string of the molecule is c1ccc(-c2ccc(-c3nc(-n4c5cc6c(cc5c5ccc7c(ccn7-c7ccccc7)c54)sc4ccccc46)nc4ccccc34)cc2)cc1. The summed E-state index contributed by atoms with van der Waals surface area (Å²) < 4.78 is 7.15. The molecule has 7 aromatic carbocycles. The minimum atomic E-state index is 0.662. The van der Waals surface area contributed by atoms with E-state index in [0.29, 0.717) is 5.95 Å². The molecular formula is C46H28N4S. The lowest BCUT2D eigenvalue weighted by Gasteiger charge is -2.13. The highest BCUT2D eigenvalue weighted by Gasteiger charge is 2.22. The third kappa shape index (κ3) is 4.32. The molecule has 238 valence electrons. The maximum atomic E-state index is 5.47. The summed E-state index contributed by atoms with van der Waals surface area (Å²) in [6.45, 7) is 0. The van der Waals surface area contributed by atoms with Crippen LogP contribution in [-0.2, 0) is 0 Å². The lowest BCUT2D eigenvalue weighted by molar-refractivity contribution is 1.02. The van der Waals surface area contributed by atoms with E-state index in [0.717, 1.165) is 49.8 Å². The standard InChI is InChI=1S/C46H28N4S/c1-3-11-29(12-4-1)30-19-21-31(22-20-30)44-35-16-7-9-17-39(35)47-46(48-44)50-41-27-38-33-15-8-10-18-42(33)51-43(38)28-37(41)34-23-24-40-36(45(34)50)25-26-49(40)32-13-5-2-6-14-32/h1-28H. The first-order valence-corrected chi connectivity index (χ1v) is 18.0. The van der Waals surface area contributed by atoms with Crippen LogP contribution in [0.15, 0.2) is 170 Å². The molecule has 0 radical (unpaired) electrons. The summed E-state index contributed by atoms with van der Waals surface area (Å²) in [6.07, 6.45) is 2.18. The first kappa shape index (κ1) is 28.3. The summed E-state index contributed by atoms with van der Waals surface area (Å²) >= 11 is 1.85. The smallest absolute Gasteiger partial charge is 0.235 e. The van der Waals surface area contributed by atoms with Gasteiger partial charge in [0.15, 0.2) is 0 Å². The van der Waals surface area contributed by atoms with E-state index in [1.807, 2.05) is 11.3 Å². The van der Waals surface area contributed by atoms with E-state index in [1.54, 1.807) is 0 Å². The van der Waals surface area contributed by atoms with Gasteiger partial charge in [-0.15, -0.1) is 11.3 Å². The van der Waals surface area contributed by atoms with E-state index in [9.17, 15) is 0 Å². The normalized spacial score (nSPS) is 11.9. The van der Waals surface area contributed by atoms with Crippen LogP contribution in [0.1, 0.15) is 0 Å². The largest absolute Gasteiger partial charge is 0.316 e. The van der Waals surface area contributed by atoms with Crippen LogP contribution in [0.25, 0.3) is 97.8 Å². The molecule has 0 aliphatic heterocycles. The predicted molar refractivity (Wildman–Crippen MR) is 214 cm³/mol. The highest BCUT2D eigenvalue weighted by Crippen LogP contribution is 2.43. The van der Waals surface area contributed by atoms with Gasteiger partial charge in [0.2, 0.25) is 5.95 Å². The lowest BCUT2D eigenvalue weighted by atomic mass is 10.0. The van der Waals surface area contributed by atoms with Gasteiger partial charge in [0, 0.05) is 59.2 Å².